The summed E-state index contributed by atoms with van der Waals surface area (Å²) in [6.07, 6.45) is 4.49. The first-order chi connectivity index (χ1) is 18.1. The molecule has 4 heterocycles. The molecular formula is C28H38BN3O6. The molecule has 10 heteroatoms. The van der Waals surface area contributed by atoms with Crippen LogP contribution in [-0.4, -0.2) is 79.9 Å². The molecule has 0 aliphatic carbocycles. The van der Waals surface area contributed by atoms with E-state index in [1.807, 2.05) is 11.1 Å². The van der Waals surface area contributed by atoms with Gasteiger partial charge in [0.15, 0.2) is 0 Å². The van der Waals surface area contributed by atoms with Crippen LogP contribution in [0.1, 0.15) is 58.9 Å². The van der Waals surface area contributed by atoms with Crippen molar-refractivity contribution in [2.45, 2.75) is 76.7 Å². The van der Waals surface area contributed by atoms with Gasteiger partial charge in [0.2, 0.25) is 5.91 Å². The number of aliphatic imine (C=N–C) groups is 1. The van der Waals surface area contributed by atoms with Crippen LogP contribution in [0, 0.1) is 5.92 Å². The van der Waals surface area contributed by atoms with E-state index in [-0.39, 0.29) is 29.1 Å². The molecule has 1 N–H and O–H groups in total. The Kier molecular flexibility index (Phi) is 7.41. The monoisotopic (exact) mass is 523 g/mol. The van der Waals surface area contributed by atoms with E-state index < -0.39 is 19.3 Å². The normalized spacial score (nSPS) is 26.8. The smallest absolute Gasteiger partial charge is 0.453 e. The summed E-state index contributed by atoms with van der Waals surface area (Å²) in [5.74, 6) is -0.152. The number of rotatable bonds is 6. The first-order valence-corrected chi connectivity index (χ1v) is 13.5. The number of nitrogens with one attached hydrogen (secondary N) is 1. The number of benzene rings is 1. The lowest BCUT2D eigenvalue weighted by molar-refractivity contribution is -0.134. The highest BCUT2D eigenvalue weighted by Gasteiger charge is 2.51. The Morgan fingerprint density at radius 3 is 2.47 bits per heavy atom. The van der Waals surface area contributed by atoms with Gasteiger partial charge in [0.25, 0.3) is 0 Å². The summed E-state index contributed by atoms with van der Waals surface area (Å²) in [6.45, 7) is 9.90. The minimum absolute atomic E-state index is 0.0652. The number of likely N-dealkylation sites (tertiary alicyclic amines) is 1. The molecule has 0 bridgehead atoms. The number of carbonyl (C=O) groups excluding carboxylic acids is 2. The molecule has 1 aromatic carbocycles. The van der Waals surface area contributed by atoms with Crippen LogP contribution in [0.15, 0.2) is 35.5 Å². The van der Waals surface area contributed by atoms with Crippen molar-refractivity contribution >= 4 is 35.9 Å². The second kappa shape index (κ2) is 10.5. The number of nitrogens with zero attached hydrogens (tertiary/aromatic N) is 2. The summed E-state index contributed by atoms with van der Waals surface area (Å²) < 4.78 is 22.7. The predicted molar refractivity (Wildman–Crippen MR) is 145 cm³/mol. The highest BCUT2D eigenvalue weighted by molar-refractivity contribution is 6.62. The third-order valence-electron chi connectivity index (χ3n) is 8.65. The van der Waals surface area contributed by atoms with Gasteiger partial charge in [-0.25, -0.2) is 4.79 Å². The molecular weight excluding hydrogens is 485 g/mol. The third kappa shape index (κ3) is 5.13. The van der Waals surface area contributed by atoms with E-state index in [4.69, 9.17) is 23.8 Å². The molecule has 3 saturated heterocycles. The van der Waals surface area contributed by atoms with Gasteiger partial charge in [0.1, 0.15) is 6.04 Å². The van der Waals surface area contributed by atoms with Gasteiger partial charge in [-0.2, -0.15) is 0 Å². The molecule has 0 aromatic heterocycles. The van der Waals surface area contributed by atoms with Crippen LogP contribution in [-0.2, 0) is 23.6 Å². The molecule has 5 rings (SSSR count). The van der Waals surface area contributed by atoms with Crippen LogP contribution in [0.25, 0.3) is 5.57 Å². The molecule has 38 heavy (non-hydrogen) atoms. The van der Waals surface area contributed by atoms with E-state index in [2.05, 4.69) is 57.3 Å². The van der Waals surface area contributed by atoms with E-state index in [9.17, 15) is 9.59 Å². The maximum Gasteiger partial charge on any atom is 0.494 e. The molecule has 0 spiro atoms. The van der Waals surface area contributed by atoms with Crippen molar-refractivity contribution in [1.82, 2.24) is 10.2 Å². The predicted octanol–water partition coefficient (Wildman–Crippen LogP) is 2.92. The highest BCUT2D eigenvalue weighted by Crippen LogP contribution is 2.37. The molecule has 9 nitrogen and oxygen atoms in total. The van der Waals surface area contributed by atoms with E-state index in [0.29, 0.717) is 26.2 Å². The number of alkyl carbamates (subject to hydrolysis) is 1. The Bertz CT molecular complexity index is 1110. The molecule has 0 saturated carbocycles. The van der Waals surface area contributed by atoms with Crippen molar-refractivity contribution in [2.75, 3.05) is 26.9 Å². The van der Waals surface area contributed by atoms with Crippen molar-refractivity contribution in [1.29, 1.82) is 0 Å². The average molecular weight is 523 g/mol. The molecule has 3 atom stereocenters. The third-order valence-corrected chi connectivity index (χ3v) is 8.65. The number of amides is 2. The Morgan fingerprint density at radius 2 is 1.84 bits per heavy atom. The summed E-state index contributed by atoms with van der Waals surface area (Å²) in [5, 5.41) is 2.76. The largest absolute Gasteiger partial charge is 0.494 e. The van der Waals surface area contributed by atoms with Crippen molar-refractivity contribution in [2.24, 2.45) is 10.9 Å². The number of carbonyl (C=O) groups is 2. The van der Waals surface area contributed by atoms with Crippen LogP contribution in [0.3, 0.4) is 0 Å². The van der Waals surface area contributed by atoms with Crippen molar-refractivity contribution in [3.63, 3.8) is 0 Å². The minimum Gasteiger partial charge on any atom is -0.453 e. The lowest BCUT2D eigenvalue weighted by atomic mass is 9.78. The fourth-order valence-electron chi connectivity index (χ4n) is 5.60. The lowest BCUT2D eigenvalue weighted by Crippen LogP contribution is -2.54. The van der Waals surface area contributed by atoms with E-state index in [1.54, 1.807) is 0 Å². The van der Waals surface area contributed by atoms with Gasteiger partial charge in [0.05, 0.1) is 31.0 Å². The first-order valence-electron chi connectivity index (χ1n) is 13.5. The Balaban J connectivity index is 1.24. The Hall–Kier alpha value is -2.69. The maximum atomic E-state index is 13.7. The average Bonchev–Trinajstić information content (AvgIpc) is 3.69. The standard InChI is InChI=1S/C28H38BN3O6/c1-27(2)28(3,4)38-29(37-27)21-10-8-18(9-11-21)20-15-22(30-16-20)23-7-6-13-32(23)25(33)24(31-26(34)35-5)19-12-14-36-17-19/h8-11,16,19,23-24H,6-7,12-15,17H2,1-5H3,(H,31,34)/t19?,23-,24?/m0/s1. The lowest BCUT2D eigenvalue weighted by Gasteiger charge is -2.32. The Morgan fingerprint density at radius 1 is 1.13 bits per heavy atom. The number of hydrogen-bond acceptors (Lipinski definition) is 7. The summed E-state index contributed by atoms with van der Waals surface area (Å²) in [4.78, 5) is 32.3. The van der Waals surface area contributed by atoms with Crippen LogP contribution in [0.4, 0.5) is 4.79 Å². The van der Waals surface area contributed by atoms with Gasteiger partial charge in [-0.15, -0.1) is 0 Å². The quantitative estimate of drug-likeness (QED) is 0.576. The number of hydrogen-bond donors (Lipinski definition) is 1. The second-order valence-electron chi connectivity index (χ2n) is 11.6. The zero-order valence-corrected chi connectivity index (χ0v) is 23.0. The van der Waals surface area contributed by atoms with Crippen molar-refractivity contribution < 1.29 is 28.4 Å². The number of ether oxygens (including phenoxy) is 2. The van der Waals surface area contributed by atoms with Crippen LogP contribution in [0.2, 0.25) is 0 Å². The van der Waals surface area contributed by atoms with Crippen LogP contribution in [0.5, 0.6) is 0 Å². The van der Waals surface area contributed by atoms with E-state index in [1.165, 1.54) is 7.11 Å². The zero-order chi connectivity index (χ0) is 27.1. The SMILES string of the molecule is COC(=O)NC(C(=O)N1CCC[C@H]1C1=NC=C(c2ccc(B3OC(C)(C)C(C)(C)O3)cc2)C1)C1CCOC1. The molecule has 0 radical (unpaired) electrons. The van der Waals surface area contributed by atoms with Gasteiger partial charge in [-0.05, 0) is 63.6 Å². The molecule has 204 valence electrons. The van der Waals surface area contributed by atoms with E-state index in [0.717, 1.165) is 41.6 Å². The molecule has 4 aliphatic heterocycles. The first kappa shape index (κ1) is 26.9. The fourth-order valence-corrected chi connectivity index (χ4v) is 5.60. The molecule has 2 amide bonds. The molecule has 3 fully saturated rings. The van der Waals surface area contributed by atoms with Gasteiger partial charge >= 0.3 is 13.2 Å². The minimum atomic E-state index is -0.664. The van der Waals surface area contributed by atoms with Crippen molar-refractivity contribution in [3.8, 4) is 0 Å². The Labute approximate surface area is 225 Å². The van der Waals surface area contributed by atoms with Gasteiger partial charge < -0.3 is 29.0 Å². The fraction of sp³-hybridized carbons (Fsp3) is 0.607. The summed E-state index contributed by atoms with van der Waals surface area (Å²) in [5.41, 5.74) is 3.42. The van der Waals surface area contributed by atoms with Crippen LogP contribution < -0.4 is 10.8 Å². The molecule has 1 aromatic rings. The number of methoxy groups -OCH3 is 1. The zero-order valence-electron chi connectivity index (χ0n) is 23.0. The van der Waals surface area contributed by atoms with Gasteiger partial charge in [0, 0.05) is 37.4 Å². The van der Waals surface area contributed by atoms with E-state index >= 15 is 0 Å². The van der Waals surface area contributed by atoms with Crippen molar-refractivity contribution in [3.05, 3.63) is 36.0 Å². The maximum absolute atomic E-state index is 13.7. The summed E-state index contributed by atoms with van der Waals surface area (Å²) in [7, 11) is 0.913. The molecule has 2 unspecified atom stereocenters. The second-order valence-corrected chi connectivity index (χ2v) is 11.6. The van der Waals surface area contributed by atoms with Crippen LogP contribution >= 0.6 is 0 Å². The topological polar surface area (TPSA) is 98.7 Å². The van der Waals surface area contributed by atoms with Gasteiger partial charge in [-0.1, -0.05) is 24.3 Å². The van der Waals surface area contributed by atoms with Gasteiger partial charge in [-0.3, -0.25) is 9.79 Å². The summed E-state index contributed by atoms with van der Waals surface area (Å²) >= 11 is 0. The molecule has 4 aliphatic rings. The number of allylic oxidation sites excluding steroid dienone is 1. The highest BCUT2D eigenvalue weighted by atomic mass is 16.7. The summed E-state index contributed by atoms with van der Waals surface area (Å²) in [6, 6.07) is 7.52.